The third-order valence-electron chi connectivity index (χ3n) is 6.06. The molecular weight excluding hydrogens is 468 g/mol. The van der Waals surface area contributed by atoms with E-state index in [-0.39, 0.29) is 17.9 Å². The van der Waals surface area contributed by atoms with Crippen LogP contribution in [0.4, 0.5) is 5.69 Å². The Balaban J connectivity index is 1.47. The first kappa shape index (κ1) is 25.6. The third-order valence-corrected chi connectivity index (χ3v) is 7.14. The molecule has 0 aliphatic carbocycles. The van der Waals surface area contributed by atoms with Gasteiger partial charge in [-0.3, -0.25) is 9.59 Å². The average Bonchev–Trinajstić information content (AvgIpc) is 2.88. The van der Waals surface area contributed by atoms with E-state index in [1.165, 1.54) is 23.4 Å². The van der Waals surface area contributed by atoms with Gasteiger partial charge in [0, 0.05) is 11.0 Å². The number of thioether (sulfide) groups is 1. The predicted molar refractivity (Wildman–Crippen MR) is 146 cm³/mol. The maximum Gasteiger partial charge on any atom is 0.265 e. The molecule has 1 N–H and O–H groups in total. The number of amides is 2. The second kappa shape index (κ2) is 12.0. The van der Waals surface area contributed by atoms with Crippen molar-refractivity contribution in [1.82, 2.24) is 5.32 Å². The van der Waals surface area contributed by atoms with E-state index in [9.17, 15) is 9.59 Å². The average molecular weight is 501 g/mol. The number of unbranched alkanes of at least 4 members (excludes halogenated alkanes) is 1. The van der Waals surface area contributed by atoms with Crippen LogP contribution >= 0.6 is 11.8 Å². The van der Waals surface area contributed by atoms with Crippen molar-refractivity contribution in [3.05, 3.63) is 100 Å². The zero-order valence-electron chi connectivity index (χ0n) is 21.0. The Morgan fingerprint density at radius 1 is 1.06 bits per heavy atom. The lowest BCUT2D eigenvalue weighted by Gasteiger charge is -2.30. The number of carbonyl (C=O) groups excluding carboxylic acids is 2. The summed E-state index contributed by atoms with van der Waals surface area (Å²) in [6.07, 6.45) is 3.53. The summed E-state index contributed by atoms with van der Waals surface area (Å²) in [6.45, 7) is 7.24. The zero-order chi connectivity index (χ0) is 25.5. The molecule has 0 spiro atoms. The van der Waals surface area contributed by atoms with E-state index in [1.54, 1.807) is 4.90 Å². The Labute approximate surface area is 217 Å². The molecule has 3 aromatic carbocycles. The summed E-state index contributed by atoms with van der Waals surface area (Å²) >= 11 is 1.34. The molecule has 0 radical (unpaired) electrons. The second-order valence-corrected chi connectivity index (χ2v) is 10.0. The lowest BCUT2D eigenvalue weighted by atomic mass is 10.1. The number of para-hydroxylation sites is 1. The Morgan fingerprint density at radius 2 is 1.78 bits per heavy atom. The molecule has 0 saturated carbocycles. The summed E-state index contributed by atoms with van der Waals surface area (Å²) in [5, 5.41) is 2.99. The maximum atomic E-state index is 13.4. The molecule has 4 rings (SSSR count). The van der Waals surface area contributed by atoms with E-state index in [2.05, 4.69) is 12.2 Å². The fourth-order valence-corrected chi connectivity index (χ4v) is 4.97. The quantitative estimate of drug-likeness (QED) is 0.267. The first-order chi connectivity index (χ1) is 17.4. The first-order valence-corrected chi connectivity index (χ1v) is 13.2. The Hall–Kier alpha value is -3.51. The molecule has 1 aliphatic heterocycles. The molecule has 0 aromatic heterocycles. The smallest absolute Gasteiger partial charge is 0.265 e. The summed E-state index contributed by atoms with van der Waals surface area (Å²) in [5.74, 6) is 0.358. The van der Waals surface area contributed by atoms with Crippen LogP contribution in [0.3, 0.4) is 0 Å². The van der Waals surface area contributed by atoms with Crippen LogP contribution < -0.4 is 15.0 Å². The normalized spacial score (nSPS) is 14.9. The summed E-state index contributed by atoms with van der Waals surface area (Å²) in [7, 11) is 0. The number of hydrogen-bond acceptors (Lipinski definition) is 4. The van der Waals surface area contributed by atoms with Gasteiger partial charge in [-0.1, -0.05) is 79.2 Å². The maximum absolute atomic E-state index is 13.4. The molecule has 3 aromatic rings. The highest BCUT2D eigenvalue weighted by Gasteiger charge is 2.29. The molecule has 0 bridgehead atoms. The molecule has 0 fully saturated rings. The topological polar surface area (TPSA) is 58.6 Å². The van der Waals surface area contributed by atoms with Gasteiger partial charge in [0.05, 0.1) is 29.8 Å². The number of carbonyl (C=O) groups is 2. The van der Waals surface area contributed by atoms with Crippen molar-refractivity contribution in [2.24, 2.45) is 0 Å². The highest BCUT2D eigenvalue weighted by molar-refractivity contribution is 8.04. The molecule has 1 heterocycles. The van der Waals surface area contributed by atoms with Gasteiger partial charge in [-0.25, -0.2) is 0 Å². The van der Waals surface area contributed by atoms with Crippen molar-refractivity contribution in [2.45, 2.75) is 51.1 Å². The number of aryl methyl sites for hydroxylation is 1. The minimum absolute atomic E-state index is 0.171. The van der Waals surface area contributed by atoms with Gasteiger partial charge in [0.15, 0.2) is 0 Å². The fourth-order valence-electron chi connectivity index (χ4n) is 3.94. The number of benzene rings is 3. The van der Waals surface area contributed by atoms with Crippen molar-refractivity contribution in [1.29, 1.82) is 0 Å². The molecule has 5 nitrogen and oxygen atoms in total. The Kier molecular flexibility index (Phi) is 8.49. The van der Waals surface area contributed by atoms with Gasteiger partial charge in [-0.2, -0.15) is 0 Å². The van der Waals surface area contributed by atoms with Gasteiger partial charge < -0.3 is 15.0 Å². The van der Waals surface area contributed by atoms with E-state index >= 15 is 0 Å². The Bertz CT molecular complexity index is 1240. The van der Waals surface area contributed by atoms with Crippen molar-refractivity contribution < 1.29 is 14.3 Å². The molecule has 6 heteroatoms. The predicted octanol–water partition coefficient (Wildman–Crippen LogP) is 6.57. The highest BCUT2D eigenvalue weighted by Crippen LogP contribution is 2.41. The fraction of sp³-hybridized carbons (Fsp3) is 0.267. The number of nitrogens with zero attached hydrogens (tertiary/aromatic N) is 1. The van der Waals surface area contributed by atoms with Crippen molar-refractivity contribution in [3.8, 4) is 5.75 Å². The number of rotatable bonds is 9. The first-order valence-electron chi connectivity index (χ1n) is 12.3. The van der Waals surface area contributed by atoms with Crippen molar-refractivity contribution >= 4 is 29.3 Å². The van der Waals surface area contributed by atoms with E-state index < -0.39 is 0 Å². The minimum atomic E-state index is -0.295. The molecule has 2 amide bonds. The lowest BCUT2D eigenvalue weighted by Crippen LogP contribution is -2.34. The van der Waals surface area contributed by atoms with Gasteiger partial charge >= 0.3 is 0 Å². The molecule has 36 heavy (non-hydrogen) atoms. The molecular formula is C30H32N2O3S. The van der Waals surface area contributed by atoms with Gasteiger partial charge in [0.2, 0.25) is 5.91 Å². The van der Waals surface area contributed by atoms with Crippen LogP contribution in [0.2, 0.25) is 0 Å². The van der Waals surface area contributed by atoms with E-state index in [0.717, 1.165) is 40.3 Å². The van der Waals surface area contributed by atoms with Gasteiger partial charge in [-0.15, -0.1) is 0 Å². The summed E-state index contributed by atoms with van der Waals surface area (Å²) < 4.78 is 5.72. The molecule has 186 valence electrons. The standard InChI is InChI=1S/C30H32N2O3S/c1-4-5-18-35-25-16-14-24(15-17-25)22(3)31-29(33)19-28-30(34)32(20-23-12-10-21(2)11-13-23)26-8-6-7-9-27(26)36-28/h6-17,19,22H,4-5,18,20H2,1-3H3,(H,31,33)/b28-19-/t22-/m0/s1. The number of hydrogen-bond donors (Lipinski definition) is 1. The van der Waals surface area contributed by atoms with Crippen LogP contribution in [0.5, 0.6) is 5.75 Å². The van der Waals surface area contributed by atoms with Crippen LogP contribution in [0.15, 0.2) is 88.7 Å². The van der Waals surface area contributed by atoms with E-state index in [0.29, 0.717) is 18.1 Å². The van der Waals surface area contributed by atoms with Crippen LogP contribution in [-0.2, 0) is 16.1 Å². The molecule has 0 saturated heterocycles. The Morgan fingerprint density at radius 3 is 2.50 bits per heavy atom. The van der Waals surface area contributed by atoms with E-state index in [1.807, 2.05) is 86.6 Å². The highest BCUT2D eigenvalue weighted by atomic mass is 32.2. The van der Waals surface area contributed by atoms with E-state index in [4.69, 9.17) is 4.74 Å². The number of anilines is 1. The SMILES string of the molecule is CCCCOc1ccc([C@H](C)NC(=O)/C=C2\Sc3ccccc3N(Cc3ccc(C)cc3)C2=O)cc1. The second-order valence-electron chi connectivity index (χ2n) is 8.96. The molecule has 0 unspecified atom stereocenters. The summed E-state index contributed by atoms with van der Waals surface area (Å²) in [4.78, 5) is 29.4. The largest absolute Gasteiger partial charge is 0.494 e. The summed E-state index contributed by atoms with van der Waals surface area (Å²) in [6, 6.07) is 23.5. The molecule has 1 atom stereocenters. The number of fused-ring (bicyclic) bond motifs is 1. The van der Waals surface area contributed by atoms with Gasteiger partial charge in [-0.05, 0) is 55.7 Å². The zero-order valence-corrected chi connectivity index (χ0v) is 21.8. The van der Waals surface area contributed by atoms with Crippen molar-refractivity contribution in [3.63, 3.8) is 0 Å². The lowest BCUT2D eigenvalue weighted by molar-refractivity contribution is -0.118. The van der Waals surface area contributed by atoms with Gasteiger partial charge in [0.25, 0.3) is 5.91 Å². The van der Waals surface area contributed by atoms with Crippen LogP contribution in [0, 0.1) is 6.92 Å². The number of ether oxygens (including phenoxy) is 1. The van der Waals surface area contributed by atoms with Crippen LogP contribution in [-0.4, -0.2) is 18.4 Å². The van der Waals surface area contributed by atoms with Crippen LogP contribution in [0.25, 0.3) is 0 Å². The monoisotopic (exact) mass is 500 g/mol. The van der Waals surface area contributed by atoms with Crippen LogP contribution in [0.1, 0.15) is 49.4 Å². The third kappa shape index (κ3) is 6.38. The van der Waals surface area contributed by atoms with Crippen molar-refractivity contribution in [2.75, 3.05) is 11.5 Å². The number of nitrogens with one attached hydrogen (secondary N) is 1. The van der Waals surface area contributed by atoms with Gasteiger partial charge in [0.1, 0.15) is 5.75 Å². The molecule has 1 aliphatic rings. The minimum Gasteiger partial charge on any atom is -0.494 e. The summed E-state index contributed by atoms with van der Waals surface area (Å²) in [5.41, 5.74) is 4.04.